The molecule has 1 unspecified atom stereocenters. The minimum Gasteiger partial charge on any atom is -0.481 e. The van der Waals surface area contributed by atoms with Gasteiger partial charge >= 0.3 is 0 Å². The van der Waals surface area contributed by atoms with Gasteiger partial charge in [-0.15, -0.1) is 0 Å². The molecule has 3 nitrogen and oxygen atoms in total. The van der Waals surface area contributed by atoms with Gasteiger partial charge in [-0.25, -0.2) is 0 Å². The van der Waals surface area contributed by atoms with Gasteiger partial charge in [-0.2, -0.15) is 0 Å². The fourth-order valence-electron chi connectivity index (χ4n) is 0.0962. The number of carbonyl (C=O) groups excluding carboxylic acids is 1. The zero-order valence-electron chi connectivity index (χ0n) is 6.63. The van der Waals surface area contributed by atoms with Crippen LogP contribution in [-0.4, -0.2) is 17.4 Å². The summed E-state index contributed by atoms with van der Waals surface area (Å²) in [5.41, 5.74) is 0. The highest BCUT2D eigenvalue weighted by Crippen LogP contribution is 1.91. The van der Waals surface area contributed by atoms with Gasteiger partial charge < -0.3 is 9.90 Å². The van der Waals surface area contributed by atoms with Crippen molar-refractivity contribution in [3.05, 3.63) is 0 Å². The van der Waals surface area contributed by atoms with Crippen LogP contribution in [0.5, 0.6) is 0 Å². The van der Waals surface area contributed by atoms with Gasteiger partial charge in [0.15, 0.2) is 0 Å². The highest BCUT2D eigenvalue weighted by molar-refractivity contribution is 5.62. The van der Waals surface area contributed by atoms with Crippen molar-refractivity contribution in [2.75, 3.05) is 0 Å². The van der Waals surface area contributed by atoms with Crippen molar-refractivity contribution in [1.29, 1.82) is 0 Å². The number of hydrogen-bond acceptors (Lipinski definition) is 2. The van der Waals surface area contributed by atoms with Crippen LogP contribution in [0.15, 0.2) is 0 Å². The largest absolute Gasteiger partial charge is 0.481 e. The molecule has 0 bridgehead atoms. The van der Waals surface area contributed by atoms with Crippen LogP contribution < -0.4 is 0 Å². The number of aldehydes is 1. The lowest BCUT2D eigenvalue weighted by atomic mass is 10.2. The third-order valence-electron chi connectivity index (χ3n) is 0.876. The molecule has 0 saturated carbocycles. The van der Waals surface area contributed by atoms with Gasteiger partial charge in [-0.1, -0.05) is 13.8 Å². The molecule has 0 rings (SSSR count). The molecule has 0 heterocycles. The molecule has 0 aromatic heterocycles. The Balaban J connectivity index is 0. The molecule has 0 aliphatic carbocycles. The monoisotopic (exact) mass is 146 g/mol. The number of aliphatic carboxylic acids is 1. The smallest absolute Gasteiger partial charge is 0.300 e. The van der Waals surface area contributed by atoms with Crippen molar-refractivity contribution in [2.24, 2.45) is 5.92 Å². The second-order valence-corrected chi connectivity index (χ2v) is 2.04. The van der Waals surface area contributed by atoms with E-state index in [0.29, 0.717) is 0 Å². The predicted octanol–water partition coefficient (Wildman–Crippen LogP) is 1.32. The van der Waals surface area contributed by atoms with Crippen LogP contribution in [0.3, 0.4) is 0 Å². The molecule has 0 aliphatic heterocycles. The van der Waals surface area contributed by atoms with E-state index in [4.69, 9.17) is 9.90 Å². The molecule has 3 heteroatoms. The van der Waals surface area contributed by atoms with Crippen LogP contribution >= 0.6 is 0 Å². The summed E-state index contributed by atoms with van der Waals surface area (Å²) < 4.78 is 0. The lowest BCUT2D eigenvalue weighted by Gasteiger charge is -1.89. The summed E-state index contributed by atoms with van der Waals surface area (Å²) in [6.07, 6.45) is 1.93. The zero-order valence-corrected chi connectivity index (χ0v) is 6.63. The van der Waals surface area contributed by atoms with E-state index in [0.717, 1.165) is 19.6 Å². The summed E-state index contributed by atoms with van der Waals surface area (Å²) in [4.78, 5) is 18.7. The first-order valence-corrected chi connectivity index (χ1v) is 3.19. The Kier molecular flexibility index (Phi) is 9.67. The average molecular weight is 146 g/mol. The lowest BCUT2D eigenvalue weighted by Crippen LogP contribution is -1.89. The van der Waals surface area contributed by atoms with Crippen LogP contribution in [0.1, 0.15) is 27.2 Å². The number of hydrogen-bond donors (Lipinski definition) is 1. The Morgan fingerprint density at radius 3 is 2.00 bits per heavy atom. The second-order valence-electron chi connectivity index (χ2n) is 2.04. The van der Waals surface area contributed by atoms with Crippen molar-refractivity contribution in [1.82, 2.24) is 0 Å². The topological polar surface area (TPSA) is 54.4 Å². The molecule has 0 amide bonds. The van der Waals surface area contributed by atoms with Crippen molar-refractivity contribution < 1.29 is 14.7 Å². The molecule has 0 spiro atoms. The van der Waals surface area contributed by atoms with Crippen molar-refractivity contribution >= 4 is 12.3 Å². The third kappa shape index (κ3) is 27.3. The van der Waals surface area contributed by atoms with Gasteiger partial charge in [0.25, 0.3) is 5.97 Å². The Morgan fingerprint density at radius 1 is 1.70 bits per heavy atom. The molecule has 1 atom stereocenters. The minimum atomic E-state index is -0.833. The van der Waals surface area contributed by atoms with E-state index >= 15 is 0 Å². The summed E-state index contributed by atoms with van der Waals surface area (Å²) in [7, 11) is 0. The predicted molar refractivity (Wildman–Crippen MR) is 38.8 cm³/mol. The number of carbonyl (C=O) groups is 2. The van der Waals surface area contributed by atoms with Crippen LogP contribution in [0.2, 0.25) is 0 Å². The molecular weight excluding hydrogens is 132 g/mol. The van der Waals surface area contributed by atoms with Gasteiger partial charge in [0.2, 0.25) is 0 Å². The number of carboxylic acids is 1. The van der Waals surface area contributed by atoms with Crippen LogP contribution in [0.25, 0.3) is 0 Å². The van der Waals surface area contributed by atoms with Crippen LogP contribution in [0, 0.1) is 5.92 Å². The molecule has 0 saturated heterocycles. The fourth-order valence-corrected chi connectivity index (χ4v) is 0.0962. The Morgan fingerprint density at radius 2 is 2.00 bits per heavy atom. The molecule has 1 N–H and O–H groups in total. The maximum atomic E-state index is 9.74. The van der Waals surface area contributed by atoms with Gasteiger partial charge in [0.05, 0.1) is 0 Å². The quantitative estimate of drug-likeness (QED) is 0.598. The van der Waals surface area contributed by atoms with Crippen molar-refractivity contribution in [2.45, 2.75) is 27.2 Å². The first-order chi connectivity index (χ1) is 4.54. The lowest BCUT2D eigenvalue weighted by molar-refractivity contribution is -0.134. The zero-order chi connectivity index (χ0) is 8.57. The third-order valence-corrected chi connectivity index (χ3v) is 0.876. The van der Waals surface area contributed by atoms with Crippen LogP contribution in [-0.2, 0) is 9.59 Å². The van der Waals surface area contributed by atoms with E-state index in [1.807, 2.05) is 13.8 Å². The summed E-state index contributed by atoms with van der Waals surface area (Å²) in [6.45, 7) is 4.99. The molecule has 0 aromatic carbocycles. The Labute approximate surface area is 61.1 Å². The molecule has 0 aromatic rings. The van der Waals surface area contributed by atoms with Gasteiger partial charge in [0.1, 0.15) is 6.29 Å². The van der Waals surface area contributed by atoms with Gasteiger partial charge in [-0.05, 0) is 6.42 Å². The standard InChI is InChI=1S/C5H10O.C2H4O2/c1-3-5(2)4-6;1-2(3)4/h4-5H,3H2,1-2H3;1H3,(H,3,4). The fraction of sp³-hybridized carbons (Fsp3) is 0.714. The highest BCUT2D eigenvalue weighted by Gasteiger charge is 1.89. The number of rotatable bonds is 2. The summed E-state index contributed by atoms with van der Waals surface area (Å²) in [6, 6.07) is 0. The first kappa shape index (κ1) is 11.9. The molecular formula is C7H14O3. The summed E-state index contributed by atoms with van der Waals surface area (Å²) in [5, 5.41) is 7.42. The van der Waals surface area contributed by atoms with E-state index < -0.39 is 5.97 Å². The van der Waals surface area contributed by atoms with E-state index in [9.17, 15) is 4.79 Å². The Hall–Kier alpha value is -0.860. The van der Waals surface area contributed by atoms with E-state index in [1.165, 1.54) is 0 Å². The Bertz CT molecular complexity index is 95.0. The van der Waals surface area contributed by atoms with Crippen molar-refractivity contribution in [3.8, 4) is 0 Å². The van der Waals surface area contributed by atoms with E-state index in [2.05, 4.69) is 0 Å². The van der Waals surface area contributed by atoms with Crippen molar-refractivity contribution in [3.63, 3.8) is 0 Å². The van der Waals surface area contributed by atoms with E-state index in [-0.39, 0.29) is 5.92 Å². The number of carboxylic acid groups (broad SMARTS) is 1. The van der Waals surface area contributed by atoms with Gasteiger partial charge in [-0.3, -0.25) is 4.79 Å². The molecule has 0 radical (unpaired) electrons. The molecule has 0 aliphatic rings. The van der Waals surface area contributed by atoms with E-state index in [1.54, 1.807) is 0 Å². The first-order valence-electron chi connectivity index (χ1n) is 3.19. The molecule has 10 heavy (non-hydrogen) atoms. The minimum absolute atomic E-state index is 0.255. The van der Waals surface area contributed by atoms with Gasteiger partial charge in [0, 0.05) is 12.8 Å². The molecule has 0 fully saturated rings. The summed E-state index contributed by atoms with van der Waals surface area (Å²) >= 11 is 0. The normalized spacial score (nSPS) is 10.7. The average Bonchev–Trinajstić information content (AvgIpc) is 1.85. The maximum Gasteiger partial charge on any atom is 0.300 e. The maximum absolute atomic E-state index is 9.74. The molecule has 60 valence electrons. The summed E-state index contributed by atoms with van der Waals surface area (Å²) in [5.74, 6) is -0.579. The SMILES string of the molecule is CC(=O)O.CCC(C)C=O. The highest BCUT2D eigenvalue weighted by atomic mass is 16.4. The van der Waals surface area contributed by atoms with Crippen LogP contribution in [0.4, 0.5) is 0 Å². The second kappa shape index (κ2) is 8.14.